The van der Waals surface area contributed by atoms with E-state index in [1.165, 1.54) is 0 Å². The molecular formula is C18H20Cl2N4O2. The summed E-state index contributed by atoms with van der Waals surface area (Å²) in [7, 11) is 2.11. The van der Waals surface area contributed by atoms with E-state index in [4.69, 9.17) is 27.9 Å². The highest BCUT2D eigenvalue weighted by Crippen LogP contribution is 2.27. The number of nitrogens with zero attached hydrogens (tertiary/aromatic N) is 3. The van der Waals surface area contributed by atoms with E-state index in [2.05, 4.69) is 27.1 Å². The highest BCUT2D eigenvalue weighted by atomic mass is 35.5. The molecule has 0 unspecified atom stereocenters. The van der Waals surface area contributed by atoms with Crippen LogP contribution in [0.25, 0.3) is 0 Å². The third-order valence-electron chi connectivity index (χ3n) is 4.11. The Morgan fingerprint density at radius 3 is 2.62 bits per heavy atom. The first kappa shape index (κ1) is 18.8. The number of likely N-dealkylation sites (N-methyl/N-ethyl adjacent to an activating group) is 1. The Bertz CT molecular complexity index is 762. The molecule has 1 amide bonds. The molecule has 0 saturated carbocycles. The first-order valence-corrected chi connectivity index (χ1v) is 9.04. The Morgan fingerprint density at radius 2 is 1.96 bits per heavy atom. The molecule has 1 fully saturated rings. The second-order valence-corrected chi connectivity index (χ2v) is 6.95. The van der Waals surface area contributed by atoms with Gasteiger partial charge in [-0.25, -0.2) is 4.98 Å². The smallest absolute Gasteiger partial charge is 0.262 e. The van der Waals surface area contributed by atoms with Crippen LogP contribution in [0.1, 0.15) is 0 Å². The average Bonchev–Trinajstić information content (AvgIpc) is 2.62. The van der Waals surface area contributed by atoms with Gasteiger partial charge >= 0.3 is 0 Å². The van der Waals surface area contributed by atoms with E-state index in [0.29, 0.717) is 21.5 Å². The van der Waals surface area contributed by atoms with Gasteiger partial charge in [-0.3, -0.25) is 4.79 Å². The number of pyridine rings is 1. The standard InChI is InChI=1S/C18H20Cl2N4O2/c1-23-6-8-24(9-7-23)17-5-3-14(11-21-17)22-18(25)12-26-16-4-2-13(19)10-15(16)20/h2-5,10-11H,6-9,12H2,1H3,(H,22,25). The van der Waals surface area contributed by atoms with Crippen molar-refractivity contribution in [3.05, 3.63) is 46.6 Å². The van der Waals surface area contributed by atoms with Gasteiger partial charge in [0.25, 0.3) is 5.91 Å². The number of hydrogen-bond acceptors (Lipinski definition) is 5. The number of ether oxygens (including phenoxy) is 1. The number of aromatic nitrogens is 1. The van der Waals surface area contributed by atoms with Gasteiger partial charge in [0, 0.05) is 31.2 Å². The van der Waals surface area contributed by atoms with Crippen LogP contribution < -0.4 is 15.0 Å². The predicted molar refractivity (Wildman–Crippen MR) is 105 cm³/mol. The van der Waals surface area contributed by atoms with E-state index in [0.717, 1.165) is 32.0 Å². The van der Waals surface area contributed by atoms with Gasteiger partial charge in [-0.05, 0) is 37.4 Å². The second kappa shape index (κ2) is 8.58. The van der Waals surface area contributed by atoms with Gasteiger partial charge in [0.05, 0.1) is 16.9 Å². The average molecular weight is 395 g/mol. The van der Waals surface area contributed by atoms with Crippen molar-refractivity contribution in [2.75, 3.05) is 50.1 Å². The molecule has 1 aromatic carbocycles. The van der Waals surface area contributed by atoms with Gasteiger partial charge < -0.3 is 19.9 Å². The number of anilines is 2. The van der Waals surface area contributed by atoms with Gasteiger partial charge in [0.1, 0.15) is 11.6 Å². The minimum atomic E-state index is -0.287. The molecule has 6 nitrogen and oxygen atoms in total. The predicted octanol–water partition coefficient (Wildman–Crippen LogP) is 3.16. The maximum Gasteiger partial charge on any atom is 0.262 e. The van der Waals surface area contributed by atoms with Crippen LogP contribution in [0.3, 0.4) is 0 Å². The number of halogens is 2. The van der Waals surface area contributed by atoms with E-state index in [-0.39, 0.29) is 12.5 Å². The Kier molecular flexibility index (Phi) is 6.19. The molecule has 2 aromatic rings. The zero-order chi connectivity index (χ0) is 18.5. The van der Waals surface area contributed by atoms with Gasteiger partial charge in [-0.15, -0.1) is 0 Å². The van der Waals surface area contributed by atoms with E-state index < -0.39 is 0 Å². The molecule has 1 N–H and O–H groups in total. The number of piperazine rings is 1. The third-order valence-corrected chi connectivity index (χ3v) is 4.64. The number of carbonyl (C=O) groups excluding carboxylic acids is 1. The SMILES string of the molecule is CN1CCN(c2ccc(NC(=O)COc3ccc(Cl)cc3Cl)cn2)CC1. The maximum absolute atomic E-state index is 12.0. The van der Waals surface area contributed by atoms with Crippen LogP contribution in [0.15, 0.2) is 36.5 Å². The summed E-state index contributed by atoms with van der Waals surface area (Å²) >= 11 is 11.8. The monoisotopic (exact) mass is 394 g/mol. The van der Waals surface area contributed by atoms with Crippen LogP contribution in [-0.2, 0) is 4.79 Å². The van der Waals surface area contributed by atoms with Crippen LogP contribution in [0.4, 0.5) is 11.5 Å². The molecule has 0 atom stereocenters. The molecule has 1 saturated heterocycles. The lowest BCUT2D eigenvalue weighted by Crippen LogP contribution is -2.44. The summed E-state index contributed by atoms with van der Waals surface area (Å²) in [5.74, 6) is 1.04. The van der Waals surface area contributed by atoms with Crippen molar-refractivity contribution in [3.63, 3.8) is 0 Å². The number of hydrogen-bond donors (Lipinski definition) is 1. The molecule has 1 aliphatic rings. The highest BCUT2D eigenvalue weighted by molar-refractivity contribution is 6.35. The summed E-state index contributed by atoms with van der Waals surface area (Å²) < 4.78 is 5.42. The van der Waals surface area contributed by atoms with Crippen molar-refractivity contribution >= 4 is 40.6 Å². The summed E-state index contributed by atoms with van der Waals surface area (Å²) in [5, 5.41) is 3.63. The lowest BCUT2D eigenvalue weighted by molar-refractivity contribution is -0.118. The molecule has 0 spiro atoms. The summed E-state index contributed by atoms with van der Waals surface area (Å²) in [4.78, 5) is 21.0. The third kappa shape index (κ3) is 5.00. The number of amides is 1. The van der Waals surface area contributed by atoms with Gasteiger partial charge in [0.2, 0.25) is 0 Å². The van der Waals surface area contributed by atoms with E-state index in [9.17, 15) is 4.79 Å². The largest absolute Gasteiger partial charge is 0.482 e. The van der Waals surface area contributed by atoms with Crippen molar-refractivity contribution in [1.29, 1.82) is 0 Å². The van der Waals surface area contributed by atoms with Crippen molar-refractivity contribution < 1.29 is 9.53 Å². The Balaban J connectivity index is 1.51. The van der Waals surface area contributed by atoms with E-state index >= 15 is 0 Å². The highest BCUT2D eigenvalue weighted by Gasteiger charge is 2.15. The van der Waals surface area contributed by atoms with Crippen LogP contribution in [0.2, 0.25) is 10.0 Å². The number of rotatable bonds is 5. The molecule has 2 heterocycles. The van der Waals surface area contributed by atoms with Crippen molar-refractivity contribution in [3.8, 4) is 5.75 Å². The molecule has 0 bridgehead atoms. The lowest BCUT2D eigenvalue weighted by Gasteiger charge is -2.33. The number of carbonyl (C=O) groups is 1. The molecular weight excluding hydrogens is 375 g/mol. The topological polar surface area (TPSA) is 57.7 Å². The minimum absolute atomic E-state index is 0.151. The molecule has 26 heavy (non-hydrogen) atoms. The normalized spacial score (nSPS) is 15.0. The first-order chi connectivity index (χ1) is 12.5. The van der Waals surface area contributed by atoms with Crippen LogP contribution in [-0.4, -0.2) is 55.6 Å². The van der Waals surface area contributed by atoms with Crippen molar-refractivity contribution in [1.82, 2.24) is 9.88 Å². The number of benzene rings is 1. The molecule has 8 heteroatoms. The Morgan fingerprint density at radius 1 is 1.19 bits per heavy atom. The fourth-order valence-electron chi connectivity index (χ4n) is 2.62. The maximum atomic E-state index is 12.0. The van der Waals surface area contributed by atoms with Crippen LogP contribution >= 0.6 is 23.2 Å². The minimum Gasteiger partial charge on any atom is -0.482 e. The second-order valence-electron chi connectivity index (χ2n) is 6.11. The molecule has 0 radical (unpaired) electrons. The Hall–Kier alpha value is -2.02. The zero-order valence-corrected chi connectivity index (χ0v) is 15.9. The summed E-state index contributed by atoms with van der Waals surface area (Å²) in [5.41, 5.74) is 0.624. The summed E-state index contributed by atoms with van der Waals surface area (Å²) in [6.07, 6.45) is 1.65. The summed E-state index contributed by atoms with van der Waals surface area (Å²) in [6.45, 7) is 3.78. The lowest BCUT2D eigenvalue weighted by atomic mass is 10.3. The first-order valence-electron chi connectivity index (χ1n) is 8.28. The molecule has 138 valence electrons. The van der Waals surface area contributed by atoms with Crippen molar-refractivity contribution in [2.45, 2.75) is 0 Å². The fraction of sp³-hybridized carbons (Fsp3) is 0.333. The van der Waals surface area contributed by atoms with Gasteiger partial charge in [-0.1, -0.05) is 23.2 Å². The van der Waals surface area contributed by atoms with E-state index in [1.54, 1.807) is 24.4 Å². The number of nitrogens with one attached hydrogen (secondary N) is 1. The van der Waals surface area contributed by atoms with Crippen LogP contribution in [0, 0.1) is 0 Å². The molecule has 1 aliphatic heterocycles. The molecule has 0 aliphatic carbocycles. The Labute approximate surface area is 162 Å². The van der Waals surface area contributed by atoms with Crippen molar-refractivity contribution in [2.24, 2.45) is 0 Å². The zero-order valence-electron chi connectivity index (χ0n) is 14.4. The quantitative estimate of drug-likeness (QED) is 0.843. The molecule has 1 aromatic heterocycles. The van der Waals surface area contributed by atoms with Gasteiger partial charge in [0.15, 0.2) is 6.61 Å². The fourth-order valence-corrected chi connectivity index (χ4v) is 3.08. The summed E-state index contributed by atoms with van der Waals surface area (Å²) in [6, 6.07) is 8.61. The van der Waals surface area contributed by atoms with Crippen LogP contribution in [0.5, 0.6) is 5.75 Å². The molecule has 3 rings (SSSR count). The van der Waals surface area contributed by atoms with Gasteiger partial charge in [-0.2, -0.15) is 0 Å². The van der Waals surface area contributed by atoms with E-state index in [1.807, 2.05) is 12.1 Å².